The summed E-state index contributed by atoms with van der Waals surface area (Å²) in [6.45, 7) is 16.5. The zero-order chi connectivity index (χ0) is 27.4. The Morgan fingerprint density at radius 1 is 1.07 bits per heavy atom. The first-order valence-electron chi connectivity index (χ1n) is 16.1. The zero-order valence-corrected chi connectivity index (χ0v) is 27.5. The highest BCUT2D eigenvalue weighted by atomic mass is 35.5. The molecule has 0 amide bonds. The summed E-state index contributed by atoms with van der Waals surface area (Å²) in [6.07, 6.45) is 16.5. The van der Waals surface area contributed by atoms with Crippen LogP contribution in [0.2, 0.25) is 0 Å². The van der Waals surface area contributed by atoms with Gasteiger partial charge >= 0.3 is 0 Å². The molecule has 5 fully saturated rings. The summed E-state index contributed by atoms with van der Waals surface area (Å²) in [6, 6.07) is 0.547. The molecular weight excluding hydrogens is 564 g/mol. The van der Waals surface area contributed by atoms with Crippen molar-refractivity contribution in [1.29, 1.82) is 0 Å². The molecule has 1 aromatic heterocycles. The van der Waals surface area contributed by atoms with E-state index in [1.807, 2.05) is 11.7 Å². The maximum Gasteiger partial charge on any atom is 0.171 e. The molecule has 10 heteroatoms. The van der Waals surface area contributed by atoms with Gasteiger partial charge in [0.25, 0.3) is 0 Å². The van der Waals surface area contributed by atoms with Crippen LogP contribution in [0.15, 0.2) is 11.6 Å². The van der Waals surface area contributed by atoms with Crippen molar-refractivity contribution in [3.63, 3.8) is 0 Å². The molecule has 9 nitrogen and oxygen atoms in total. The topological polar surface area (TPSA) is 153 Å². The van der Waals surface area contributed by atoms with Crippen LogP contribution < -0.4 is 5.32 Å². The highest BCUT2D eigenvalue weighted by molar-refractivity contribution is 6.20. The molecule has 4 unspecified atom stereocenters. The molecule has 0 radical (unpaired) electrons. The lowest BCUT2D eigenvalue weighted by atomic mass is 9.46. The predicted octanol–water partition coefficient (Wildman–Crippen LogP) is 4.51. The fourth-order valence-corrected chi connectivity index (χ4v) is 10.4. The minimum Gasteiger partial charge on any atom is -0.412 e. The number of likely N-dealkylation sites (tertiary alicyclic amines) is 1. The molecule has 4 bridgehead atoms. The normalized spacial score (nSPS) is 35.2. The molecule has 1 aromatic rings. The van der Waals surface area contributed by atoms with Crippen LogP contribution in [0.3, 0.4) is 0 Å². The molecule has 1 saturated heterocycles. The van der Waals surface area contributed by atoms with Gasteiger partial charge in [0.15, 0.2) is 5.82 Å². The van der Waals surface area contributed by atoms with Gasteiger partial charge < -0.3 is 26.6 Å². The van der Waals surface area contributed by atoms with Gasteiger partial charge in [0, 0.05) is 24.5 Å². The average Bonchev–Trinajstić information content (AvgIpc) is 3.30. The predicted molar refractivity (Wildman–Crippen MR) is 176 cm³/mol. The van der Waals surface area contributed by atoms with Gasteiger partial charge in [0.05, 0.1) is 5.54 Å². The lowest BCUT2D eigenvalue weighted by Gasteiger charge is -2.61. The maximum absolute atomic E-state index is 6.40. The highest BCUT2D eigenvalue weighted by Crippen LogP contribution is 2.65. The number of nitrogens with one attached hydrogen (secondary N) is 1. The van der Waals surface area contributed by atoms with Gasteiger partial charge in [-0.05, 0) is 130 Å². The first-order chi connectivity index (χ1) is 18.5. The van der Waals surface area contributed by atoms with Crippen molar-refractivity contribution in [1.82, 2.24) is 30.4 Å². The molecular formula is C33H63ClN6O3. The Morgan fingerprint density at radius 3 is 2.33 bits per heavy atom. The second-order valence-corrected chi connectivity index (χ2v) is 16.2. The molecule has 43 heavy (non-hydrogen) atoms. The Hall–Kier alpha value is -1.10. The molecule has 250 valence electrons. The van der Waals surface area contributed by atoms with Gasteiger partial charge in [-0.1, -0.05) is 46.8 Å². The third kappa shape index (κ3) is 7.83. The summed E-state index contributed by atoms with van der Waals surface area (Å²) in [5.74, 6) is 3.86. The standard InChI is InChI=1S/C32H53ClN6.CH4.3H2O/c1-22(2)29(19-38-13-10-28(30(4,5)21-38)26-6-8-27(33)9-7-26)34-12-11-31-15-24-14-25(16-31)18-32(17-24,20-31)39-36-23(3)35-37-39;;;;/h6,22,24-25,27-29,34H,7-21H2,1-5H3;1H4;3*1H2/t24?,25?,27?,28?,29-,31?,32?;;;;/m0..../s1. The van der Waals surface area contributed by atoms with Crippen LogP contribution in [-0.4, -0.2) is 79.1 Å². The van der Waals surface area contributed by atoms with Crippen LogP contribution in [0.4, 0.5) is 0 Å². The Labute approximate surface area is 265 Å². The van der Waals surface area contributed by atoms with Crippen molar-refractivity contribution >= 4 is 11.6 Å². The second kappa shape index (κ2) is 14.5. The Morgan fingerprint density at radius 2 is 1.77 bits per heavy atom. The number of hydrogen-bond donors (Lipinski definition) is 1. The van der Waals surface area contributed by atoms with Crippen molar-refractivity contribution in [2.45, 2.75) is 130 Å². The molecule has 0 aromatic carbocycles. The van der Waals surface area contributed by atoms with Crippen LogP contribution in [0.5, 0.6) is 0 Å². The van der Waals surface area contributed by atoms with Crippen molar-refractivity contribution in [2.24, 2.45) is 34.5 Å². The van der Waals surface area contributed by atoms with E-state index in [9.17, 15) is 0 Å². The molecule has 7 N–H and O–H groups in total. The van der Waals surface area contributed by atoms with Crippen LogP contribution >= 0.6 is 11.6 Å². The highest BCUT2D eigenvalue weighted by Gasteiger charge is 2.59. The van der Waals surface area contributed by atoms with Gasteiger partial charge in [-0.3, -0.25) is 0 Å². The summed E-state index contributed by atoms with van der Waals surface area (Å²) in [4.78, 5) is 4.81. The fourth-order valence-electron chi connectivity index (χ4n) is 10.2. The van der Waals surface area contributed by atoms with Crippen LogP contribution in [0.25, 0.3) is 0 Å². The summed E-state index contributed by atoms with van der Waals surface area (Å²) in [5.41, 5.74) is 2.60. The van der Waals surface area contributed by atoms with Gasteiger partial charge in [-0.15, -0.1) is 21.8 Å². The van der Waals surface area contributed by atoms with Gasteiger partial charge in [-0.25, -0.2) is 0 Å². The van der Waals surface area contributed by atoms with E-state index in [-0.39, 0.29) is 29.4 Å². The van der Waals surface area contributed by atoms with Gasteiger partial charge in [0.2, 0.25) is 0 Å². The quantitative estimate of drug-likeness (QED) is 0.316. The second-order valence-electron chi connectivity index (χ2n) is 15.6. The van der Waals surface area contributed by atoms with E-state index < -0.39 is 0 Å². The van der Waals surface area contributed by atoms with E-state index in [0.29, 0.717) is 28.2 Å². The van der Waals surface area contributed by atoms with E-state index >= 15 is 0 Å². The van der Waals surface area contributed by atoms with Crippen molar-refractivity contribution in [3.8, 4) is 0 Å². The Bertz CT molecular complexity index is 1050. The third-order valence-corrected chi connectivity index (χ3v) is 11.9. The lowest BCUT2D eigenvalue weighted by Crippen LogP contribution is -2.58. The Kier molecular flexibility index (Phi) is 12.9. The zero-order valence-electron chi connectivity index (χ0n) is 26.8. The smallest absolute Gasteiger partial charge is 0.171 e. The minimum atomic E-state index is 0. The monoisotopic (exact) mass is 626 g/mol. The maximum atomic E-state index is 6.40. The number of halogens is 1. The summed E-state index contributed by atoms with van der Waals surface area (Å²) in [7, 11) is 0. The molecule has 4 saturated carbocycles. The van der Waals surface area contributed by atoms with Gasteiger partial charge in [-0.2, -0.15) is 4.80 Å². The lowest BCUT2D eigenvalue weighted by molar-refractivity contribution is -0.115. The van der Waals surface area contributed by atoms with Gasteiger partial charge in [0.1, 0.15) is 0 Å². The Balaban J connectivity index is 0.00000161. The number of alkyl halides is 1. The SMILES string of the molecule is C.Cc1nnn(C23CC4CC(CC(CCN[C@@H](CN5CCC(C6=CCC(Cl)CC6)C(C)(C)C5)C(C)C)(C4)C2)C3)n1.O.O.O. The molecule has 7 rings (SSSR count). The summed E-state index contributed by atoms with van der Waals surface area (Å²) in [5, 5.41) is 18.0. The number of aryl methyl sites for hydroxylation is 1. The van der Waals surface area contributed by atoms with Crippen LogP contribution in [0, 0.1) is 41.4 Å². The number of hydrogen-bond acceptors (Lipinski definition) is 5. The first-order valence-corrected chi connectivity index (χ1v) is 16.5. The summed E-state index contributed by atoms with van der Waals surface area (Å²) >= 11 is 6.40. The average molecular weight is 627 g/mol. The molecule has 2 heterocycles. The number of tetrazole rings is 1. The fraction of sp³-hybridized carbons (Fsp3) is 0.909. The number of piperidine rings is 1. The van der Waals surface area contributed by atoms with Crippen molar-refractivity contribution < 1.29 is 16.4 Å². The number of nitrogens with zero attached hydrogens (tertiary/aromatic N) is 5. The minimum absolute atomic E-state index is 0. The number of aromatic nitrogens is 4. The molecule has 5 aliphatic carbocycles. The van der Waals surface area contributed by atoms with Crippen LogP contribution in [0.1, 0.15) is 112 Å². The molecule has 6 aliphatic rings. The number of allylic oxidation sites excluding steroid dienone is 2. The van der Waals surface area contributed by atoms with E-state index in [0.717, 1.165) is 43.0 Å². The molecule has 0 spiro atoms. The van der Waals surface area contributed by atoms with Crippen molar-refractivity contribution in [3.05, 3.63) is 17.5 Å². The largest absolute Gasteiger partial charge is 0.412 e. The van der Waals surface area contributed by atoms with E-state index in [1.54, 1.807) is 5.57 Å². The van der Waals surface area contributed by atoms with E-state index in [4.69, 9.17) is 16.7 Å². The van der Waals surface area contributed by atoms with Crippen LogP contribution in [-0.2, 0) is 5.54 Å². The summed E-state index contributed by atoms with van der Waals surface area (Å²) < 4.78 is 0. The van der Waals surface area contributed by atoms with E-state index in [1.165, 1.54) is 77.4 Å². The third-order valence-electron chi connectivity index (χ3n) is 11.5. The molecule has 1 aliphatic heterocycles. The number of rotatable bonds is 9. The van der Waals surface area contributed by atoms with Crippen molar-refractivity contribution in [2.75, 3.05) is 26.2 Å². The first kappa shape index (κ1) is 38.1. The van der Waals surface area contributed by atoms with E-state index in [2.05, 4.69) is 54.3 Å². The molecule has 5 atom stereocenters.